The van der Waals surface area contributed by atoms with Gasteiger partial charge in [-0.1, -0.05) is 19.9 Å². The van der Waals surface area contributed by atoms with Crippen molar-refractivity contribution in [3.63, 3.8) is 0 Å². The maximum Gasteiger partial charge on any atom is 0.264 e. The highest BCUT2D eigenvalue weighted by molar-refractivity contribution is 5.97. The highest BCUT2D eigenvalue weighted by Crippen LogP contribution is 2.22. The molecule has 1 aliphatic rings. The van der Waals surface area contributed by atoms with E-state index in [1.165, 1.54) is 11.9 Å². The van der Waals surface area contributed by atoms with Crippen molar-refractivity contribution in [1.29, 1.82) is 5.26 Å². The van der Waals surface area contributed by atoms with Crippen LogP contribution in [0.2, 0.25) is 0 Å². The van der Waals surface area contributed by atoms with Crippen LogP contribution in [0.4, 0.5) is 0 Å². The third-order valence-corrected chi connectivity index (χ3v) is 3.27. The van der Waals surface area contributed by atoms with E-state index in [0.717, 1.165) is 0 Å². The molecule has 1 saturated heterocycles. The zero-order valence-electron chi connectivity index (χ0n) is 12.1. The molecule has 0 unspecified atom stereocenters. The van der Waals surface area contributed by atoms with Crippen molar-refractivity contribution in [3.8, 4) is 6.07 Å². The molecular formula is C14H21N3O3. The first-order chi connectivity index (χ1) is 9.38. The number of carbonyl (C=O) groups is 2. The number of rotatable bonds is 4. The lowest BCUT2D eigenvalue weighted by Gasteiger charge is -2.15. The number of amides is 2. The van der Waals surface area contributed by atoms with Crippen LogP contribution in [0.25, 0.3) is 0 Å². The number of likely N-dealkylation sites (tertiary alicyclic amines) is 1. The summed E-state index contributed by atoms with van der Waals surface area (Å²) in [4.78, 5) is 25.0. The van der Waals surface area contributed by atoms with Gasteiger partial charge in [0.1, 0.15) is 11.6 Å². The topological polar surface area (TPSA) is 93.4 Å². The summed E-state index contributed by atoms with van der Waals surface area (Å²) in [6.45, 7) is 4.23. The van der Waals surface area contributed by atoms with Gasteiger partial charge in [0.2, 0.25) is 5.91 Å². The standard InChI is InChI=1S/C14H21N3O3/c1-9(2)4-10(6-15)14(20)17-7-11(12(18)8-17)5-13(19)16-3/h4,9,11-12,18H,5,7-8H2,1-3H3,(H,16,19)/b10-4+/t11-,12-/m0/s1. The minimum atomic E-state index is -0.727. The summed E-state index contributed by atoms with van der Waals surface area (Å²) in [5, 5.41) is 21.4. The normalized spacial score (nSPS) is 22.8. The molecule has 0 saturated carbocycles. The molecular weight excluding hydrogens is 258 g/mol. The Labute approximate surface area is 119 Å². The monoisotopic (exact) mass is 279 g/mol. The lowest BCUT2D eigenvalue weighted by molar-refractivity contribution is -0.126. The second-order valence-corrected chi connectivity index (χ2v) is 5.35. The van der Waals surface area contributed by atoms with Crippen molar-refractivity contribution in [2.45, 2.75) is 26.4 Å². The van der Waals surface area contributed by atoms with Crippen LogP contribution < -0.4 is 5.32 Å². The molecule has 0 aromatic rings. The van der Waals surface area contributed by atoms with E-state index in [-0.39, 0.29) is 42.2 Å². The van der Waals surface area contributed by atoms with Gasteiger partial charge in [-0.2, -0.15) is 5.26 Å². The Morgan fingerprint density at radius 2 is 2.15 bits per heavy atom. The third kappa shape index (κ3) is 4.07. The summed E-state index contributed by atoms with van der Waals surface area (Å²) in [6, 6.07) is 1.90. The Bertz CT molecular complexity index is 451. The predicted molar refractivity (Wildman–Crippen MR) is 73.3 cm³/mol. The molecule has 2 atom stereocenters. The van der Waals surface area contributed by atoms with E-state index >= 15 is 0 Å². The molecule has 0 spiro atoms. The molecule has 1 heterocycles. The van der Waals surface area contributed by atoms with Gasteiger partial charge >= 0.3 is 0 Å². The van der Waals surface area contributed by atoms with Crippen LogP contribution >= 0.6 is 0 Å². The smallest absolute Gasteiger partial charge is 0.264 e. The van der Waals surface area contributed by atoms with Crippen molar-refractivity contribution >= 4 is 11.8 Å². The lowest BCUT2D eigenvalue weighted by atomic mass is 10.0. The maximum absolute atomic E-state index is 12.2. The van der Waals surface area contributed by atoms with E-state index in [4.69, 9.17) is 5.26 Å². The number of hydrogen-bond acceptors (Lipinski definition) is 4. The second-order valence-electron chi connectivity index (χ2n) is 5.35. The first kappa shape index (κ1) is 16.2. The number of aliphatic hydroxyl groups is 1. The molecule has 6 nitrogen and oxygen atoms in total. The predicted octanol–water partition coefficient (Wildman–Crippen LogP) is 0.0478. The molecule has 1 rings (SSSR count). The van der Waals surface area contributed by atoms with Crippen LogP contribution in [-0.2, 0) is 9.59 Å². The van der Waals surface area contributed by atoms with Gasteiger partial charge < -0.3 is 15.3 Å². The molecule has 2 amide bonds. The number of allylic oxidation sites excluding steroid dienone is 1. The fraction of sp³-hybridized carbons (Fsp3) is 0.643. The van der Waals surface area contributed by atoms with Crippen molar-refractivity contribution in [2.75, 3.05) is 20.1 Å². The SMILES string of the molecule is CNC(=O)C[C@H]1CN(C(=O)/C(C#N)=C/C(C)C)C[C@@H]1O. The van der Waals surface area contributed by atoms with E-state index in [1.807, 2.05) is 19.9 Å². The average Bonchev–Trinajstić information content (AvgIpc) is 2.76. The van der Waals surface area contributed by atoms with Crippen molar-refractivity contribution in [1.82, 2.24) is 10.2 Å². The largest absolute Gasteiger partial charge is 0.391 e. The minimum Gasteiger partial charge on any atom is -0.391 e. The van der Waals surface area contributed by atoms with Gasteiger partial charge in [0.25, 0.3) is 5.91 Å². The van der Waals surface area contributed by atoms with Gasteiger partial charge in [-0.15, -0.1) is 0 Å². The molecule has 20 heavy (non-hydrogen) atoms. The number of nitriles is 1. The molecule has 0 aromatic heterocycles. The highest BCUT2D eigenvalue weighted by atomic mass is 16.3. The van der Waals surface area contributed by atoms with Gasteiger partial charge in [0.05, 0.1) is 6.10 Å². The Balaban J connectivity index is 2.73. The van der Waals surface area contributed by atoms with Crippen LogP contribution in [0.1, 0.15) is 20.3 Å². The quantitative estimate of drug-likeness (QED) is 0.561. The zero-order valence-corrected chi connectivity index (χ0v) is 12.1. The molecule has 0 bridgehead atoms. The van der Waals surface area contributed by atoms with Gasteiger partial charge in [0, 0.05) is 32.5 Å². The fourth-order valence-electron chi connectivity index (χ4n) is 2.22. The van der Waals surface area contributed by atoms with Crippen LogP contribution in [-0.4, -0.2) is 48.1 Å². The van der Waals surface area contributed by atoms with E-state index in [2.05, 4.69) is 5.32 Å². The Morgan fingerprint density at radius 3 is 2.65 bits per heavy atom. The first-order valence-electron chi connectivity index (χ1n) is 6.68. The molecule has 1 fully saturated rings. The summed E-state index contributed by atoms with van der Waals surface area (Å²) < 4.78 is 0. The second kappa shape index (κ2) is 7.06. The summed E-state index contributed by atoms with van der Waals surface area (Å²) in [7, 11) is 1.53. The van der Waals surface area contributed by atoms with Crippen LogP contribution in [0.5, 0.6) is 0 Å². The lowest BCUT2D eigenvalue weighted by Crippen LogP contribution is -2.31. The van der Waals surface area contributed by atoms with E-state index < -0.39 is 6.10 Å². The number of β-amino-alcohol motifs (C(OH)–C–C–N with tert-alkyl or cyclic N) is 1. The Kier molecular flexibility index (Phi) is 5.71. The molecule has 2 N–H and O–H groups in total. The molecule has 6 heteroatoms. The van der Waals surface area contributed by atoms with Crippen molar-refractivity contribution < 1.29 is 14.7 Å². The van der Waals surface area contributed by atoms with Crippen LogP contribution in [0.15, 0.2) is 11.6 Å². The summed E-state index contributed by atoms with van der Waals surface area (Å²) >= 11 is 0. The first-order valence-corrected chi connectivity index (χ1v) is 6.68. The van der Waals surface area contributed by atoms with E-state index in [9.17, 15) is 14.7 Å². The highest BCUT2D eigenvalue weighted by Gasteiger charge is 2.36. The third-order valence-electron chi connectivity index (χ3n) is 3.27. The summed E-state index contributed by atoms with van der Waals surface area (Å²) in [5.41, 5.74) is 0.0905. The van der Waals surface area contributed by atoms with Gasteiger partial charge in [-0.25, -0.2) is 0 Å². The average molecular weight is 279 g/mol. The Morgan fingerprint density at radius 1 is 1.50 bits per heavy atom. The van der Waals surface area contributed by atoms with Gasteiger partial charge in [-0.3, -0.25) is 9.59 Å². The number of hydrogen-bond donors (Lipinski definition) is 2. The minimum absolute atomic E-state index is 0.0905. The van der Waals surface area contributed by atoms with Crippen molar-refractivity contribution in [2.24, 2.45) is 11.8 Å². The summed E-state index contributed by atoms with van der Waals surface area (Å²) in [5.74, 6) is -0.720. The molecule has 110 valence electrons. The molecule has 1 aliphatic heterocycles. The van der Waals surface area contributed by atoms with Gasteiger partial charge in [-0.05, 0) is 5.92 Å². The molecule has 0 aliphatic carbocycles. The fourth-order valence-corrected chi connectivity index (χ4v) is 2.22. The molecule has 0 radical (unpaired) electrons. The number of aliphatic hydroxyl groups excluding tert-OH is 1. The van der Waals surface area contributed by atoms with E-state index in [1.54, 1.807) is 6.08 Å². The number of carbonyl (C=O) groups excluding carboxylic acids is 2. The summed E-state index contributed by atoms with van der Waals surface area (Å²) in [6.07, 6.45) is 1.06. The van der Waals surface area contributed by atoms with Crippen molar-refractivity contribution in [3.05, 3.63) is 11.6 Å². The van der Waals surface area contributed by atoms with Crippen LogP contribution in [0.3, 0.4) is 0 Å². The van der Waals surface area contributed by atoms with Crippen LogP contribution in [0, 0.1) is 23.2 Å². The van der Waals surface area contributed by atoms with E-state index in [0.29, 0.717) is 6.54 Å². The van der Waals surface area contributed by atoms with Gasteiger partial charge in [0.15, 0.2) is 0 Å². The Hall–Kier alpha value is -1.87. The zero-order chi connectivity index (χ0) is 15.3. The number of nitrogens with one attached hydrogen (secondary N) is 1. The number of nitrogens with zero attached hydrogens (tertiary/aromatic N) is 2. The maximum atomic E-state index is 12.2. The molecule has 0 aromatic carbocycles.